The highest BCUT2D eigenvalue weighted by molar-refractivity contribution is 9.15. The fraction of sp³-hybridized carbons (Fsp3) is 0.158. The van der Waals surface area contributed by atoms with Crippen LogP contribution in [0.15, 0.2) is 42.2 Å². The van der Waals surface area contributed by atoms with Crippen LogP contribution < -0.4 is 5.32 Å². The number of hydrogen-bond donors (Lipinski definition) is 1. The zero-order chi connectivity index (χ0) is 23.0. The van der Waals surface area contributed by atoms with E-state index in [2.05, 4.69) is 69.0 Å². The third kappa shape index (κ3) is 4.62. The Morgan fingerprint density at radius 3 is 1.94 bits per heavy atom. The van der Waals surface area contributed by atoms with Gasteiger partial charge in [-0.25, -0.2) is 9.18 Å². The number of fused-ring (bicyclic) bond motifs is 1. The predicted octanol–water partition coefficient (Wildman–Crippen LogP) is 5.04. The number of carbonyl (C=O) groups excluding carboxylic acids is 4. The van der Waals surface area contributed by atoms with Crippen LogP contribution >= 0.6 is 63.7 Å². The van der Waals surface area contributed by atoms with E-state index >= 15 is 0 Å². The Balaban J connectivity index is 1.71. The van der Waals surface area contributed by atoms with Crippen LogP contribution in [-0.4, -0.2) is 41.2 Å². The van der Waals surface area contributed by atoms with Crippen molar-refractivity contribution in [3.05, 3.63) is 59.1 Å². The first-order valence-corrected chi connectivity index (χ1v) is 11.7. The summed E-state index contributed by atoms with van der Waals surface area (Å²) in [5.41, 5.74) is 0.517. The molecule has 31 heavy (non-hydrogen) atoms. The average Bonchev–Trinajstić information content (AvgIpc) is 3.00. The van der Waals surface area contributed by atoms with Gasteiger partial charge in [-0.1, -0.05) is 0 Å². The van der Waals surface area contributed by atoms with Crippen molar-refractivity contribution in [2.45, 2.75) is 13.0 Å². The summed E-state index contributed by atoms with van der Waals surface area (Å²) < 4.78 is 19.6. The van der Waals surface area contributed by atoms with Crippen LogP contribution in [0.3, 0.4) is 0 Å². The molecule has 0 bridgehead atoms. The number of anilines is 1. The zero-order valence-electron chi connectivity index (χ0n) is 15.5. The lowest BCUT2D eigenvalue weighted by atomic mass is 10.1. The maximum Gasteiger partial charge on any atom is 0.329 e. The highest BCUT2D eigenvalue weighted by Gasteiger charge is 2.45. The topological polar surface area (TPSA) is 92.8 Å². The third-order valence-corrected chi connectivity index (χ3v) is 9.10. The Morgan fingerprint density at radius 2 is 1.45 bits per heavy atom. The number of carbonyl (C=O) groups is 4. The molecule has 7 nitrogen and oxygen atoms in total. The lowest BCUT2D eigenvalue weighted by Gasteiger charge is -2.20. The molecule has 1 aliphatic heterocycles. The lowest BCUT2D eigenvalue weighted by Crippen LogP contribution is -2.44. The highest BCUT2D eigenvalue weighted by Crippen LogP contribution is 2.45. The summed E-state index contributed by atoms with van der Waals surface area (Å²) >= 11 is 13.2. The van der Waals surface area contributed by atoms with Crippen molar-refractivity contribution in [1.29, 1.82) is 0 Å². The number of rotatable bonds is 5. The van der Waals surface area contributed by atoms with E-state index in [0.29, 0.717) is 23.6 Å². The molecule has 3 amide bonds. The molecule has 3 rings (SSSR count). The number of ether oxygens (including phenoxy) is 1. The van der Waals surface area contributed by atoms with Crippen molar-refractivity contribution < 1.29 is 28.3 Å². The van der Waals surface area contributed by atoms with Crippen LogP contribution in [0.25, 0.3) is 0 Å². The number of hydrogen-bond acceptors (Lipinski definition) is 5. The number of nitrogens with one attached hydrogen (secondary N) is 1. The molecule has 1 atom stereocenters. The number of esters is 1. The Bertz CT molecular complexity index is 1080. The summed E-state index contributed by atoms with van der Waals surface area (Å²) in [5, 5.41) is 2.44. The van der Waals surface area contributed by atoms with Crippen molar-refractivity contribution >= 4 is 93.1 Å². The second kappa shape index (κ2) is 9.47. The minimum atomic E-state index is -1.28. The quantitative estimate of drug-likeness (QED) is 0.206. The number of nitrogens with zero attached hydrogens (tertiary/aromatic N) is 1. The number of imide groups is 1. The van der Waals surface area contributed by atoms with Crippen LogP contribution in [0.5, 0.6) is 0 Å². The minimum Gasteiger partial charge on any atom is -0.454 e. The smallest absolute Gasteiger partial charge is 0.329 e. The summed E-state index contributed by atoms with van der Waals surface area (Å²) in [7, 11) is 0. The Morgan fingerprint density at radius 1 is 0.968 bits per heavy atom. The first kappa shape index (κ1) is 24.0. The summed E-state index contributed by atoms with van der Waals surface area (Å²) in [4.78, 5) is 51.0. The molecule has 1 heterocycles. The van der Waals surface area contributed by atoms with Gasteiger partial charge in [-0.15, -0.1) is 0 Å². The first-order chi connectivity index (χ1) is 14.5. The molecule has 12 heteroatoms. The molecule has 0 fully saturated rings. The van der Waals surface area contributed by atoms with E-state index in [1.807, 2.05) is 0 Å². The van der Waals surface area contributed by atoms with Crippen molar-refractivity contribution in [3.63, 3.8) is 0 Å². The molecule has 1 aliphatic rings. The summed E-state index contributed by atoms with van der Waals surface area (Å²) in [6.45, 7) is 0.683. The Kier molecular flexibility index (Phi) is 7.34. The summed E-state index contributed by atoms with van der Waals surface area (Å²) in [5.74, 6) is -3.42. The molecular formula is C19H11Br4FN2O5. The lowest BCUT2D eigenvalue weighted by molar-refractivity contribution is -0.150. The average molecular weight is 686 g/mol. The van der Waals surface area contributed by atoms with E-state index in [-0.39, 0.29) is 11.1 Å². The summed E-state index contributed by atoms with van der Waals surface area (Å²) in [6.07, 6.45) is 0. The first-order valence-electron chi connectivity index (χ1n) is 8.50. The van der Waals surface area contributed by atoms with Crippen molar-refractivity contribution in [3.8, 4) is 0 Å². The maximum absolute atomic E-state index is 12.9. The highest BCUT2D eigenvalue weighted by atomic mass is 79.9. The summed E-state index contributed by atoms with van der Waals surface area (Å²) in [6, 6.07) is 3.75. The molecule has 0 saturated carbocycles. The SMILES string of the molecule is CC(C(=O)OCC(=O)Nc1ccc(F)cc1)N1C(=O)c2c(Br)c(Br)c(Br)c(Br)c2C1=O. The maximum atomic E-state index is 12.9. The molecule has 162 valence electrons. The number of halogens is 5. The molecule has 0 radical (unpaired) electrons. The van der Waals surface area contributed by atoms with Crippen molar-refractivity contribution in [2.75, 3.05) is 11.9 Å². The normalized spacial score (nSPS) is 13.8. The van der Waals surface area contributed by atoms with Gasteiger partial charge in [0.05, 0.1) is 11.1 Å². The fourth-order valence-electron chi connectivity index (χ4n) is 2.81. The van der Waals surface area contributed by atoms with Crippen molar-refractivity contribution in [1.82, 2.24) is 4.90 Å². The van der Waals surface area contributed by atoms with E-state index in [4.69, 9.17) is 4.74 Å². The van der Waals surface area contributed by atoms with Gasteiger partial charge in [-0.2, -0.15) is 0 Å². The Hall–Kier alpha value is -1.63. The standard InChI is InChI=1S/C19H11Br4FN2O5/c1-7(19(30)31-6-10(27)25-9-4-2-8(24)3-5-9)26-17(28)11-12(18(26)29)14(21)16(23)15(22)13(11)20/h2-5,7H,6H2,1H3,(H,25,27). The van der Waals surface area contributed by atoms with Gasteiger partial charge in [0.25, 0.3) is 17.7 Å². The third-order valence-electron chi connectivity index (χ3n) is 4.33. The van der Waals surface area contributed by atoms with Gasteiger partial charge in [0.1, 0.15) is 11.9 Å². The monoisotopic (exact) mass is 682 g/mol. The molecule has 1 N–H and O–H groups in total. The fourth-order valence-corrected chi connectivity index (χ4v) is 5.27. The van der Waals surface area contributed by atoms with Gasteiger partial charge in [0.15, 0.2) is 6.61 Å². The van der Waals surface area contributed by atoms with Crippen molar-refractivity contribution in [2.24, 2.45) is 0 Å². The molecule has 2 aromatic carbocycles. The molecule has 0 aliphatic carbocycles. The van der Waals surface area contributed by atoms with Crippen LogP contribution in [0.2, 0.25) is 0 Å². The zero-order valence-corrected chi connectivity index (χ0v) is 21.8. The number of benzene rings is 2. The largest absolute Gasteiger partial charge is 0.454 e. The van der Waals surface area contributed by atoms with Gasteiger partial charge >= 0.3 is 5.97 Å². The van der Waals surface area contributed by atoms with Crippen LogP contribution in [0, 0.1) is 5.82 Å². The molecule has 0 aromatic heterocycles. The van der Waals surface area contributed by atoms with Gasteiger partial charge in [-0.05, 0) is 94.9 Å². The molecule has 0 spiro atoms. The van der Waals surface area contributed by atoms with E-state index in [1.54, 1.807) is 0 Å². The van der Waals surface area contributed by atoms with Crippen LogP contribution in [0.4, 0.5) is 10.1 Å². The van der Waals surface area contributed by atoms with E-state index in [9.17, 15) is 23.6 Å². The molecule has 0 saturated heterocycles. The van der Waals surface area contributed by atoms with E-state index in [1.165, 1.54) is 31.2 Å². The molecule has 2 aromatic rings. The van der Waals surface area contributed by atoms with Gasteiger partial charge in [0.2, 0.25) is 0 Å². The van der Waals surface area contributed by atoms with Crippen LogP contribution in [-0.2, 0) is 14.3 Å². The van der Waals surface area contributed by atoms with Gasteiger partial charge in [0, 0.05) is 23.6 Å². The van der Waals surface area contributed by atoms with E-state index in [0.717, 1.165) is 4.90 Å². The minimum absolute atomic E-state index is 0.0978. The van der Waals surface area contributed by atoms with E-state index < -0.39 is 42.2 Å². The number of amides is 3. The van der Waals surface area contributed by atoms with Crippen LogP contribution in [0.1, 0.15) is 27.6 Å². The second-order valence-electron chi connectivity index (χ2n) is 6.32. The Labute approximate surface area is 209 Å². The van der Waals surface area contributed by atoms with Gasteiger partial charge < -0.3 is 10.1 Å². The molecular weight excluding hydrogens is 675 g/mol. The predicted molar refractivity (Wildman–Crippen MR) is 123 cm³/mol. The molecule has 1 unspecified atom stereocenters. The van der Waals surface area contributed by atoms with Gasteiger partial charge in [-0.3, -0.25) is 19.3 Å². The second-order valence-corrected chi connectivity index (χ2v) is 9.50.